The first-order chi connectivity index (χ1) is 11.9. The average Bonchev–Trinajstić information content (AvgIpc) is 3.06. The molecule has 7 heteroatoms. The van der Waals surface area contributed by atoms with Crippen LogP contribution in [0.4, 0.5) is 8.78 Å². The van der Waals surface area contributed by atoms with Crippen LogP contribution in [-0.2, 0) is 12.0 Å². The number of halogens is 2. The second-order valence-electron chi connectivity index (χ2n) is 6.18. The fraction of sp³-hybridized carbons (Fsp3) is 0.389. The quantitative estimate of drug-likeness (QED) is 0.541. The fourth-order valence-electron chi connectivity index (χ4n) is 2.98. The molecule has 0 spiro atoms. The molecule has 1 aromatic heterocycles. The summed E-state index contributed by atoms with van der Waals surface area (Å²) >= 11 is 0. The van der Waals surface area contributed by atoms with E-state index in [-0.39, 0.29) is 5.92 Å². The number of nitrogens with zero attached hydrogens (tertiary/aromatic N) is 5. The first-order valence-corrected chi connectivity index (χ1v) is 8.08. The number of rotatable bonds is 8. The predicted molar refractivity (Wildman–Crippen MR) is 94.0 cm³/mol. The minimum absolute atomic E-state index is 0.00571. The number of hydrazone groups is 1. The Labute approximate surface area is 146 Å². The summed E-state index contributed by atoms with van der Waals surface area (Å²) in [5.41, 5.74) is -0.302. The zero-order chi connectivity index (χ0) is 18.4. The van der Waals surface area contributed by atoms with Crippen LogP contribution in [0.2, 0.25) is 0 Å². The standard InChI is InChI=1S/C18H23F2N5/c1-5-22-24(6-2)10-18(14(3)4,11-25-13-21-12-23-25)16-8-7-15(19)9-17(16)20/h5-9,12-14H,2,10-11H2,1,3-4H3/b22-5-/t18-/m0/s1. The maximum absolute atomic E-state index is 14.7. The third-order valence-electron chi connectivity index (χ3n) is 4.40. The van der Waals surface area contributed by atoms with Gasteiger partial charge in [0.25, 0.3) is 0 Å². The Balaban J connectivity index is 2.59. The maximum Gasteiger partial charge on any atom is 0.137 e. The second-order valence-corrected chi connectivity index (χ2v) is 6.18. The van der Waals surface area contributed by atoms with Crippen LogP contribution >= 0.6 is 0 Å². The Hall–Kier alpha value is -2.57. The highest BCUT2D eigenvalue weighted by molar-refractivity contribution is 5.52. The molecule has 1 atom stereocenters. The minimum Gasteiger partial charge on any atom is -0.273 e. The summed E-state index contributed by atoms with van der Waals surface area (Å²) in [5.74, 6) is -1.18. The lowest BCUT2D eigenvalue weighted by Gasteiger charge is -2.40. The van der Waals surface area contributed by atoms with Crippen molar-refractivity contribution in [3.05, 3.63) is 60.8 Å². The molecule has 0 aliphatic heterocycles. The van der Waals surface area contributed by atoms with E-state index < -0.39 is 17.0 Å². The van der Waals surface area contributed by atoms with Gasteiger partial charge in [0.1, 0.15) is 24.3 Å². The first-order valence-electron chi connectivity index (χ1n) is 8.08. The lowest BCUT2D eigenvalue weighted by molar-refractivity contribution is 0.179. The SMILES string of the molecule is C=CN(C[C@@](Cn1cncn1)(c1ccc(F)cc1F)C(C)C)/N=C\C. The van der Waals surface area contributed by atoms with Crippen molar-refractivity contribution in [2.45, 2.75) is 32.7 Å². The zero-order valence-corrected chi connectivity index (χ0v) is 14.7. The van der Waals surface area contributed by atoms with E-state index in [2.05, 4.69) is 21.8 Å². The largest absolute Gasteiger partial charge is 0.273 e. The van der Waals surface area contributed by atoms with E-state index >= 15 is 0 Å². The van der Waals surface area contributed by atoms with Crippen LogP contribution in [0.15, 0.2) is 48.7 Å². The van der Waals surface area contributed by atoms with Gasteiger partial charge in [-0.1, -0.05) is 26.5 Å². The Bertz CT molecular complexity index is 727. The summed E-state index contributed by atoms with van der Waals surface area (Å²) < 4.78 is 29.8. The van der Waals surface area contributed by atoms with E-state index in [4.69, 9.17) is 0 Å². The molecule has 0 fully saturated rings. The molecule has 0 aliphatic rings. The summed E-state index contributed by atoms with van der Waals surface area (Å²) in [6, 6.07) is 3.69. The second kappa shape index (κ2) is 8.00. The molecule has 0 bridgehead atoms. The topological polar surface area (TPSA) is 46.3 Å². The van der Waals surface area contributed by atoms with Gasteiger partial charge < -0.3 is 0 Å². The van der Waals surface area contributed by atoms with Crippen molar-refractivity contribution in [1.29, 1.82) is 0 Å². The highest BCUT2D eigenvalue weighted by atomic mass is 19.1. The number of hydrogen-bond acceptors (Lipinski definition) is 4. The van der Waals surface area contributed by atoms with Gasteiger partial charge in [-0.2, -0.15) is 10.2 Å². The van der Waals surface area contributed by atoms with Crippen LogP contribution in [0.25, 0.3) is 0 Å². The Morgan fingerprint density at radius 1 is 1.40 bits per heavy atom. The van der Waals surface area contributed by atoms with Gasteiger partial charge in [-0.15, -0.1) is 0 Å². The average molecular weight is 347 g/mol. The summed E-state index contributed by atoms with van der Waals surface area (Å²) in [5, 5.41) is 10.1. The number of benzene rings is 1. The first kappa shape index (κ1) is 18.8. The summed E-state index contributed by atoms with van der Waals surface area (Å²) in [6.07, 6.45) is 6.24. The maximum atomic E-state index is 14.7. The van der Waals surface area contributed by atoms with Gasteiger partial charge in [-0.25, -0.2) is 13.8 Å². The molecule has 0 unspecified atom stereocenters. The van der Waals surface area contributed by atoms with Crippen LogP contribution in [0.3, 0.4) is 0 Å². The minimum atomic E-state index is -0.716. The third-order valence-corrected chi connectivity index (χ3v) is 4.40. The van der Waals surface area contributed by atoms with Crippen LogP contribution in [0.5, 0.6) is 0 Å². The molecular weight excluding hydrogens is 324 g/mol. The molecule has 1 heterocycles. The van der Waals surface area contributed by atoms with Crippen molar-refractivity contribution in [2.75, 3.05) is 6.54 Å². The molecule has 0 radical (unpaired) electrons. The summed E-state index contributed by atoms with van der Waals surface area (Å²) in [6.45, 7) is 10.3. The summed E-state index contributed by atoms with van der Waals surface area (Å²) in [4.78, 5) is 3.97. The van der Waals surface area contributed by atoms with Gasteiger partial charge in [0.05, 0.1) is 13.1 Å². The van der Waals surface area contributed by atoms with Gasteiger partial charge in [0.2, 0.25) is 0 Å². The van der Waals surface area contributed by atoms with Crippen molar-refractivity contribution < 1.29 is 8.78 Å². The molecule has 25 heavy (non-hydrogen) atoms. The van der Waals surface area contributed by atoms with Crippen LogP contribution in [-0.4, -0.2) is 32.5 Å². The zero-order valence-electron chi connectivity index (χ0n) is 14.7. The lowest BCUT2D eigenvalue weighted by atomic mass is 9.71. The molecule has 0 amide bonds. The smallest absolute Gasteiger partial charge is 0.137 e. The lowest BCUT2D eigenvalue weighted by Crippen LogP contribution is -2.46. The van der Waals surface area contributed by atoms with Gasteiger partial charge in [-0.3, -0.25) is 9.69 Å². The van der Waals surface area contributed by atoms with Gasteiger partial charge in [0, 0.05) is 23.9 Å². The molecule has 0 N–H and O–H groups in total. The Morgan fingerprint density at radius 2 is 2.16 bits per heavy atom. The summed E-state index contributed by atoms with van der Waals surface area (Å²) in [7, 11) is 0. The van der Waals surface area contributed by atoms with Gasteiger partial charge in [0.15, 0.2) is 0 Å². The van der Waals surface area contributed by atoms with E-state index in [1.54, 1.807) is 35.4 Å². The molecule has 0 saturated heterocycles. The van der Waals surface area contributed by atoms with Crippen molar-refractivity contribution in [3.8, 4) is 0 Å². The third kappa shape index (κ3) is 4.10. The van der Waals surface area contributed by atoms with Crippen molar-refractivity contribution >= 4 is 6.21 Å². The van der Waals surface area contributed by atoms with E-state index in [9.17, 15) is 8.78 Å². The molecule has 134 valence electrons. The molecule has 2 aromatic rings. The highest BCUT2D eigenvalue weighted by Crippen LogP contribution is 2.37. The van der Waals surface area contributed by atoms with E-state index in [1.807, 2.05) is 13.8 Å². The molecular formula is C18H23F2N5. The number of hydrogen-bond donors (Lipinski definition) is 0. The van der Waals surface area contributed by atoms with Crippen LogP contribution in [0, 0.1) is 17.6 Å². The molecule has 0 saturated carbocycles. The Kier molecular flexibility index (Phi) is 6.01. The Morgan fingerprint density at radius 3 is 2.68 bits per heavy atom. The molecule has 2 rings (SSSR count). The number of aromatic nitrogens is 3. The van der Waals surface area contributed by atoms with Crippen molar-refractivity contribution in [1.82, 2.24) is 19.8 Å². The molecule has 5 nitrogen and oxygen atoms in total. The molecule has 0 aliphatic carbocycles. The molecule has 1 aromatic carbocycles. The van der Waals surface area contributed by atoms with Crippen molar-refractivity contribution in [2.24, 2.45) is 11.0 Å². The highest BCUT2D eigenvalue weighted by Gasteiger charge is 2.40. The monoisotopic (exact) mass is 347 g/mol. The van der Waals surface area contributed by atoms with Gasteiger partial charge in [-0.05, 0) is 24.5 Å². The van der Waals surface area contributed by atoms with Crippen molar-refractivity contribution in [3.63, 3.8) is 0 Å². The van der Waals surface area contributed by atoms with E-state index in [0.717, 1.165) is 6.07 Å². The predicted octanol–water partition coefficient (Wildman–Crippen LogP) is 3.60. The van der Waals surface area contributed by atoms with Crippen LogP contribution in [0.1, 0.15) is 26.3 Å². The van der Waals surface area contributed by atoms with Crippen LogP contribution < -0.4 is 0 Å². The fourth-order valence-corrected chi connectivity index (χ4v) is 2.98. The van der Waals surface area contributed by atoms with E-state index in [0.29, 0.717) is 18.7 Å². The normalized spacial score (nSPS) is 14.0. The van der Waals surface area contributed by atoms with Gasteiger partial charge >= 0.3 is 0 Å². The van der Waals surface area contributed by atoms with E-state index in [1.165, 1.54) is 18.5 Å².